The molecule has 0 N–H and O–H groups in total. The Bertz CT molecular complexity index is 1050. The lowest BCUT2D eigenvalue weighted by atomic mass is 9.93. The van der Waals surface area contributed by atoms with Crippen molar-refractivity contribution in [2.24, 2.45) is 0 Å². The third-order valence-corrected chi connectivity index (χ3v) is 5.38. The fourth-order valence-electron chi connectivity index (χ4n) is 4.03. The van der Waals surface area contributed by atoms with Gasteiger partial charge in [0.15, 0.2) is 0 Å². The van der Waals surface area contributed by atoms with E-state index in [1.165, 1.54) is 23.6 Å². The molecule has 0 atom stereocenters. The van der Waals surface area contributed by atoms with Crippen LogP contribution in [0.15, 0.2) is 53.3 Å². The average molecular weight is 363 g/mol. The predicted molar refractivity (Wildman–Crippen MR) is 104 cm³/mol. The Labute approximate surface area is 156 Å². The molecule has 0 saturated heterocycles. The molecule has 0 unspecified atom stereocenters. The van der Waals surface area contributed by atoms with Gasteiger partial charge in [0.25, 0.3) is 11.2 Å². The van der Waals surface area contributed by atoms with Crippen LogP contribution in [0, 0.1) is 10.1 Å². The molecule has 0 spiro atoms. The minimum atomic E-state index is -0.468. The quantitative estimate of drug-likeness (QED) is 0.383. The SMILES string of the molecule is O=c1c2ccccc2c(C2CCCCCC2)nn1-c1ccccc1[N+](=O)[O-]. The summed E-state index contributed by atoms with van der Waals surface area (Å²) in [6.07, 6.45) is 6.80. The fraction of sp³-hybridized carbons (Fsp3) is 0.333. The smallest absolute Gasteiger partial charge is 0.267 e. The second-order valence-corrected chi connectivity index (χ2v) is 7.08. The van der Waals surface area contributed by atoms with Crippen LogP contribution < -0.4 is 5.56 Å². The molecule has 3 aromatic rings. The van der Waals surface area contributed by atoms with Crippen LogP contribution in [-0.2, 0) is 0 Å². The first-order valence-electron chi connectivity index (χ1n) is 9.42. The molecule has 0 aliphatic heterocycles. The van der Waals surface area contributed by atoms with E-state index in [1.54, 1.807) is 24.3 Å². The maximum Gasteiger partial charge on any atom is 0.295 e. The van der Waals surface area contributed by atoms with E-state index in [0.717, 1.165) is 36.8 Å². The Morgan fingerprint density at radius 3 is 2.26 bits per heavy atom. The van der Waals surface area contributed by atoms with Crippen LogP contribution in [0.1, 0.15) is 50.1 Å². The third kappa shape index (κ3) is 3.23. The highest BCUT2D eigenvalue weighted by molar-refractivity contribution is 5.84. The monoisotopic (exact) mass is 363 g/mol. The van der Waals surface area contributed by atoms with E-state index in [-0.39, 0.29) is 22.9 Å². The molecule has 1 aliphatic rings. The van der Waals surface area contributed by atoms with Gasteiger partial charge in [0.05, 0.1) is 16.0 Å². The van der Waals surface area contributed by atoms with Gasteiger partial charge in [0.2, 0.25) is 0 Å². The lowest BCUT2D eigenvalue weighted by molar-refractivity contribution is -0.384. The number of nitro groups is 1. The summed E-state index contributed by atoms with van der Waals surface area (Å²) in [5, 5.41) is 17.6. The van der Waals surface area contributed by atoms with E-state index in [0.29, 0.717) is 5.39 Å². The third-order valence-electron chi connectivity index (χ3n) is 5.38. The summed E-state index contributed by atoms with van der Waals surface area (Å²) in [7, 11) is 0. The molecule has 4 rings (SSSR count). The van der Waals surface area contributed by atoms with Crippen LogP contribution in [-0.4, -0.2) is 14.7 Å². The number of rotatable bonds is 3. The Morgan fingerprint density at radius 2 is 1.56 bits per heavy atom. The molecule has 0 bridgehead atoms. The predicted octanol–water partition coefficient (Wildman–Crippen LogP) is 4.73. The van der Waals surface area contributed by atoms with Gasteiger partial charge in [-0.25, -0.2) is 0 Å². The Hall–Kier alpha value is -3.02. The summed E-state index contributed by atoms with van der Waals surface area (Å²) < 4.78 is 1.22. The van der Waals surface area contributed by atoms with E-state index in [1.807, 2.05) is 18.2 Å². The molecule has 6 nitrogen and oxygen atoms in total. The first kappa shape index (κ1) is 17.4. The number of hydrogen-bond donors (Lipinski definition) is 0. The molecule has 27 heavy (non-hydrogen) atoms. The minimum Gasteiger partial charge on any atom is -0.267 e. The van der Waals surface area contributed by atoms with Crippen LogP contribution in [0.2, 0.25) is 0 Å². The molecule has 6 heteroatoms. The summed E-state index contributed by atoms with van der Waals surface area (Å²) >= 11 is 0. The van der Waals surface area contributed by atoms with Crippen molar-refractivity contribution in [3.63, 3.8) is 0 Å². The normalized spacial score (nSPS) is 15.6. The van der Waals surface area contributed by atoms with Gasteiger partial charge >= 0.3 is 0 Å². The molecule has 0 radical (unpaired) electrons. The van der Waals surface area contributed by atoms with Crippen molar-refractivity contribution < 1.29 is 4.92 Å². The van der Waals surface area contributed by atoms with E-state index < -0.39 is 4.92 Å². The van der Waals surface area contributed by atoms with Crippen LogP contribution in [0.4, 0.5) is 5.69 Å². The molecular formula is C21H21N3O3. The minimum absolute atomic E-state index is 0.116. The van der Waals surface area contributed by atoms with Gasteiger partial charge in [-0.2, -0.15) is 9.78 Å². The second kappa shape index (κ2) is 7.31. The van der Waals surface area contributed by atoms with Gasteiger partial charge in [0.1, 0.15) is 5.69 Å². The number of nitrogens with zero attached hydrogens (tertiary/aromatic N) is 3. The van der Waals surface area contributed by atoms with E-state index >= 15 is 0 Å². The lowest BCUT2D eigenvalue weighted by Crippen LogP contribution is -2.24. The van der Waals surface area contributed by atoms with Crippen molar-refractivity contribution in [1.82, 2.24) is 9.78 Å². The molecule has 1 aromatic heterocycles. The largest absolute Gasteiger partial charge is 0.295 e. The number of nitro benzene ring substituents is 1. The fourth-order valence-corrected chi connectivity index (χ4v) is 4.03. The molecule has 1 aliphatic carbocycles. The van der Waals surface area contributed by atoms with E-state index in [2.05, 4.69) is 5.10 Å². The van der Waals surface area contributed by atoms with Crippen molar-refractivity contribution in [2.45, 2.75) is 44.4 Å². The first-order chi connectivity index (χ1) is 13.2. The summed E-state index contributed by atoms with van der Waals surface area (Å²) in [4.78, 5) is 24.1. The van der Waals surface area contributed by atoms with Crippen molar-refractivity contribution in [2.75, 3.05) is 0 Å². The zero-order valence-electron chi connectivity index (χ0n) is 15.0. The summed E-state index contributed by atoms with van der Waals surface area (Å²) in [6, 6.07) is 13.7. The van der Waals surface area contributed by atoms with Gasteiger partial charge in [-0.1, -0.05) is 56.0 Å². The molecular weight excluding hydrogens is 342 g/mol. The Balaban J connectivity index is 1.99. The highest BCUT2D eigenvalue weighted by atomic mass is 16.6. The maximum absolute atomic E-state index is 13.1. The molecule has 138 valence electrons. The standard InChI is InChI=1S/C21H21N3O3/c25-21-17-12-6-5-11-16(17)20(15-9-3-1-2-4-10-15)22-23(21)18-13-7-8-14-19(18)24(26)27/h5-8,11-15H,1-4,9-10H2. The lowest BCUT2D eigenvalue weighted by Gasteiger charge is -2.18. The summed E-state index contributed by atoms with van der Waals surface area (Å²) in [5.74, 6) is 0.270. The molecule has 2 aromatic carbocycles. The van der Waals surface area contributed by atoms with Gasteiger partial charge in [-0.3, -0.25) is 14.9 Å². The van der Waals surface area contributed by atoms with E-state index in [9.17, 15) is 14.9 Å². The van der Waals surface area contributed by atoms with Crippen LogP contribution >= 0.6 is 0 Å². The molecule has 1 heterocycles. The summed E-state index contributed by atoms with van der Waals surface area (Å²) in [6.45, 7) is 0. The molecule has 1 fully saturated rings. The van der Waals surface area contributed by atoms with Crippen molar-refractivity contribution in [3.8, 4) is 5.69 Å². The van der Waals surface area contributed by atoms with Crippen LogP contribution in [0.25, 0.3) is 16.5 Å². The number of hydrogen-bond acceptors (Lipinski definition) is 4. The van der Waals surface area contributed by atoms with Gasteiger partial charge < -0.3 is 0 Å². The van der Waals surface area contributed by atoms with Crippen molar-refractivity contribution >= 4 is 16.5 Å². The number of fused-ring (bicyclic) bond motifs is 1. The van der Waals surface area contributed by atoms with Gasteiger partial charge in [-0.05, 0) is 25.0 Å². The average Bonchev–Trinajstić information content (AvgIpc) is 2.98. The highest BCUT2D eigenvalue weighted by Crippen LogP contribution is 2.34. The van der Waals surface area contributed by atoms with E-state index in [4.69, 9.17) is 0 Å². The Kier molecular flexibility index (Phi) is 4.71. The number of benzene rings is 2. The van der Waals surface area contributed by atoms with Crippen LogP contribution in [0.5, 0.6) is 0 Å². The zero-order valence-corrected chi connectivity index (χ0v) is 15.0. The second-order valence-electron chi connectivity index (χ2n) is 7.08. The topological polar surface area (TPSA) is 78.0 Å². The van der Waals surface area contributed by atoms with Gasteiger partial charge in [-0.15, -0.1) is 0 Å². The van der Waals surface area contributed by atoms with Crippen molar-refractivity contribution in [1.29, 1.82) is 0 Å². The zero-order chi connectivity index (χ0) is 18.8. The van der Waals surface area contributed by atoms with Crippen molar-refractivity contribution in [3.05, 3.63) is 74.7 Å². The number of para-hydroxylation sites is 2. The first-order valence-corrected chi connectivity index (χ1v) is 9.42. The molecule has 0 amide bonds. The van der Waals surface area contributed by atoms with Gasteiger partial charge in [0, 0.05) is 17.4 Å². The highest BCUT2D eigenvalue weighted by Gasteiger charge is 2.23. The Morgan fingerprint density at radius 1 is 0.926 bits per heavy atom. The summed E-state index contributed by atoms with van der Waals surface area (Å²) in [5.41, 5.74) is 0.657. The molecule has 1 saturated carbocycles. The maximum atomic E-state index is 13.1. The van der Waals surface area contributed by atoms with Crippen LogP contribution in [0.3, 0.4) is 0 Å². The number of aromatic nitrogens is 2.